The molecule has 27 heavy (non-hydrogen) atoms. The third-order valence-corrected chi connectivity index (χ3v) is 6.07. The predicted octanol–water partition coefficient (Wildman–Crippen LogP) is 1.15. The van der Waals surface area contributed by atoms with Crippen molar-refractivity contribution >= 4 is 15.9 Å². The van der Waals surface area contributed by atoms with Crippen molar-refractivity contribution in [3.05, 3.63) is 18.2 Å². The summed E-state index contributed by atoms with van der Waals surface area (Å²) >= 11 is 0. The van der Waals surface area contributed by atoms with E-state index in [2.05, 4.69) is 4.72 Å². The molecule has 0 spiro atoms. The fourth-order valence-electron chi connectivity index (χ4n) is 3.14. The van der Waals surface area contributed by atoms with Crippen molar-refractivity contribution in [3.8, 4) is 11.5 Å². The number of amides is 1. The average Bonchev–Trinajstić information content (AvgIpc) is 2.85. The van der Waals surface area contributed by atoms with E-state index in [1.165, 1.54) is 12.1 Å². The van der Waals surface area contributed by atoms with Gasteiger partial charge in [0.05, 0.1) is 36.9 Å². The molecule has 1 fully saturated rings. The molecule has 3 rings (SSSR count). The van der Waals surface area contributed by atoms with Crippen LogP contribution in [-0.2, 0) is 19.6 Å². The zero-order valence-corrected chi connectivity index (χ0v) is 16.5. The van der Waals surface area contributed by atoms with Gasteiger partial charge in [0, 0.05) is 32.0 Å². The van der Waals surface area contributed by atoms with Gasteiger partial charge in [-0.3, -0.25) is 4.79 Å². The van der Waals surface area contributed by atoms with Crippen molar-refractivity contribution in [3.63, 3.8) is 0 Å². The highest BCUT2D eigenvalue weighted by molar-refractivity contribution is 7.89. The van der Waals surface area contributed by atoms with E-state index < -0.39 is 10.0 Å². The molecule has 150 valence electrons. The van der Waals surface area contributed by atoms with Gasteiger partial charge in [-0.2, -0.15) is 0 Å². The van der Waals surface area contributed by atoms with Crippen molar-refractivity contribution in [1.82, 2.24) is 9.62 Å². The minimum Gasteiger partial charge on any atom is -0.490 e. The number of ether oxygens (including phenoxy) is 3. The van der Waals surface area contributed by atoms with Crippen molar-refractivity contribution in [2.24, 2.45) is 0 Å². The second-order valence-corrected chi connectivity index (χ2v) is 8.98. The van der Waals surface area contributed by atoms with Crippen molar-refractivity contribution < 1.29 is 27.4 Å². The van der Waals surface area contributed by atoms with Gasteiger partial charge < -0.3 is 19.1 Å². The SMILES string of the molecule is CC1(C)COCCN1C(=O)CCNS(=O)(=O)c1ccc2c(c1)OCCCO2. The quantitative estimate of drug-likeness (QED) is 0.800. The Hall–Kier alpha value is -1.84. The number of benzene rings is 1. The summed E-state index contributed by atoms with van der Waals surface area (Å²) in [5.74, 6) is 0.863. The smallest absolute Gasteiger partial charge is 0.240 e. The predicted molar refractivity (Wildman–Crippen MR) is 98.5 cm³/mol. The maximum absolute atomic E-state index is 12.5. The van der Waals surface area contributed by atoms with Crippen LogP contribution >= 0.6 is 0 Å². The third kappa shape index (κ3) is 4.72. The highest BCUT2D eigenvalue weighted by Crippen LogP contribution is 2.31. The monoisotopic (exact) mass is 398 g/mol. The summed E-state index contributed by atoms with van der Waals surface area (Å²) in [6, 6.07) is 4.52. The first-order valence-corrected chi connectivity index (χ1v) is 10.6. The lowest BCUT2D eigenvalue weighted by Gasteiger charge is -2.42. The van der Waals surface area contributed by atoms with E-state index in [9.17, 15) is 13.2 Å². The summed E-state index contributed by atoms with van der Waals surface area (Å²) in [5.41, 5.74) is -0.386. The fraction of sp³-hybridized carbons (Fsp3) is 0.611. The first-order valence-electron chi connectivity index (χ1n) is 9.07. The average molecular weight is 398 g/mol. The molecule has 0 aromatic heterocycles. The van der Waals surface area contributed by atoms with Crippen LogP contribution in [0.1, 0.15) is 26.7 Å². The third-order valence-electron chi connectivity index (χ3n) is 4.61. The largest absolute Gasteiger partial charge is 0.490 e. The Balaban J connectivity index is 1.60. The molecular weight excluding hydrogens is 372 g/mol. The number of rotatable bonds is 5. The highest BCUT2D eigenvalue weighted by atomic mass is 32.2. The topological polar surface area (TPSA) is 94.2 Å². The van der Waals surface area contributed by atoms with E-state index in [-0.39, 0.29) is 29.3 Å². The van der Waals surface area contributed by atoms with E-state index in [1.807, 2.05) is 13.8 Å². The molecule has 8 nitrogen and oxygen atoms in total. The number of nitrogens with zero attached hydrogens (tertiary/aromatic N) is 1. The highest BCUT2D eigenvalue weighted by Gasteiger charge is 2.33. The first-order chi connectivity index (χ1) is 12.8. The molecule has 0 aliphatic carbocycles. The summed E-state index contributed by atoms with van der Waals surface area (Å²) in [6.45, 7) is 6.41. The number of carbonyl (C=O) groups is 1. The lowest BCUT2D eigenvalue weighted by molar-refractivity contribution is -0.146. The summed E-state index contributed by atoms with van der Waals surface area (Å²) < 4.78 is 44.0. The van der Waals surface area contributed by atoms with Gasteiger partial charge in [0.15, 0.2) is 11.5 Å². The van der Waals surface area contributed by atoms with Crippen molar-refractivity contribution in [1.29, 1.82) is 0 Å². The minimum absolute atomic E-state index is 0.0308. The number of hydrogen-bond donors (Lipinski definition) is 1. The minimum atomic E-state index is -3.74. The molecule has 1 amide bonds. The molecule has 1 N–H and O–H groups in total. The number of morpholine rings is 1. The summed E-state index contributed by atoms with van der Waals surface area (Å²) in [5, 5.41) is 0. The Morgan fingerprint density at radius 1 is 1.19 bits per heavy atom. The molecule has 1 aromatic carbocycles. The summed E-state index contributed by atoms with van der Waals surface area (Å²) in [4.78, 5) is 14.3. The number of fused-ring (bicyclic) bond motifs is 1. The molecule has 0 atom stereocenters. The van der Waals surface area contributed by atoms with Crippen LogP contribution in [0.15, 0.2) is 23.1 Å². The molecule has 2 aliphatic heterocycles. The normalized spacial score (nSPS) is 19.4. The molecule has 0 radical (unpaired) electrons. The van der Waals surface area contributed by atoms with E-state index in [4.69, 9.17) is 14.2 Å². The van der Waals surface area contributed by atoms with E-state index in [0.29, 0.717) is 44.5 Å². The van der Waals surface area contributed by atoms with E-state index in [0.717, 1.165) is 6.42 Å². The second kappa shape index (κ2) is 8.04. The molecule has 0 unspecified atom stereocenters. The van der Waals surface area contributed by atoms with Crippen molar-refractivity contribution in [2.75, 3.05) is 39.5 Å². The second-order valence-electron chi connectivity index (χ2n) is 7.22. The standard InChI is InChI=1S/C18H26N2O6S/c1-18(2)13-24-11-8-20(18)17(21)6-7-19-27(22,23)14-4-5-15-16(12-14)26-10-3-9-25-15/h4-5,12,19H,3,6-11,13H2,1-2H3. The van der Waals surface area contributed by atoms with Crippen molar-refractivity contribution in [2.45, 2.75) is 37.1 Å². The Morgan fingerprint density at radius 2 is 1.93 bits per heavy atom. The fourth-order valence-corrected chi connectivity index (χ4v) is 4.19. The van der Waals surface area contributed by atoms with Gasteiger partial charge >= 0.3 is 0 Å². The molecule has 2 aliphatic rings. The van der Waals surface area contributed by atoms with Gasteiger partial charge in [0.25, 0.3) is 0 Å². The number of hydrogen-bond acceptors (Lipinski definition) is 6. The Morgan fingerprint density at radius 3 is 2.67 bits per heavy atom. The lowest BCUT2D eigenvalue weighted by Crippen LogP contribution is -2.55. The first kappa shape index (κ1) is 19.9. The molecular formula is C18H26N2O6S. The number of nitrogens with one attached hydrogen (secondary N) is 1. The molecule has 0 saturated carbocycles. The van der Waals surface area contributed by atoms with Crippen LogP contribution in [0.3, 0.4) is 0 Å². The van der Waals surface area contributed by atoms with Gasteiger partial charge in [-0.25, -0.2) is 13.1 Å². The molecule has 2 heterocycles. The van der Waals surface area contributed by atoms with Gasteiger partial charge in [0.1, 0.15) is 0 Å². The van der Waals surface area contributed by atoms with E-state index >= 15 is 0 Å². The molecule has 0 bridgehead atoms. The summed E-state index contributed by atoms with van der Waals surface area (Å²) in [7, 11) is -3.74. The maximum Gasteiger partial charge on any atom is 0.240 e. The van der Waals surface area contributed by atoms with Gasteiger partial charge in [-0.1, -0.05) is 0 Å². The maximum atomic E-state index is 12.5. The zero-order chi connectivity index (χ0) is 19.5. The van der Waals surface area contributed by atoms with Crippen LogP contribution in [-0.4, -0.2) is 64.3 Å². The molecule has 1 aromatic rings. The summed E-state index contributed by atoms with van der Waals surface area (Å²) in [6.07, 6.45) is 0.836. The zero-order valence-electron chi connectivity index (χ0n) is 15.7. The van der Waals surface area contributed by atoms with Crippen LogP contribution < -0.4 is 14.2 Å². The van der Waals surface area contributed by atoms with Gasteiger partial charge in [-0.05, 0) is 26.0 Å². The van der Waals surface area contributed by atoms with E-state index in [1.54, 1.807) is 11.0 Å². The molecule has 1 saturated heterocycles. The number of sulfonamides is 1. The lowest BCUT2D eigenvalue weighted by atomic mass is 10.0. The van der Waals surface area contributed by atoms with Gasteiger partial charge in [0.2, 0.25) is 15.9 Å². The van der Waals surface area contributed by atoms with Crippen LogP contribution in [0.4, 0.5) is 0 Å². The van der Waals surface area contributed by atoms with Gasteiger partial charge in [-0.15, -0.1) is 0 Å². The van der Waals surface area contributed by atoms with Crippen LogP contribution in [0, 0.1) is 0 Å². The van der Waals surface area contributed by atoms with Crippen LogP contribution in [0.2, 0.25) is 0 Å². The Kier molecular flexibility index (Phi) is 5.92. The number of carbonyl (C=O) groups excluding carboxylic acids is 1. The molecule has 9 heteroatoms. The Bertz CT molecular complexity index is 793. The van der Waals surface area contributed by atoms with Crippen LogP contribution in [0.25, 0.3) is 0 Å². The van der Waals surface area contributed by atoms with Crippen LogP contribution in [0.5, 0.6) is 11.5 Å². The Labute approximate surface area is 159 Å².